The zero-order valence-corrected chi connectivity index (χ0v) is 11.9. The maximum atomic E-state index is 11.9. The van der Waals surface area contributed by atoms with Crippen LogP contribution in [-0.2, 0) is 19.0 Å². The first-order chi connectivity index (χ1) is 8.75. The Morgan fingerprint density at radius 1 is 1.37 bits per heavy atom. The van der Waals surface area contributed by atoms with Crippen LogP contribution in [0.2, 0.25) is 0 Å². The Morgan fingerprint density at radius 3 is 2.53 bits per heavy atom. The van der Waals surface area contributed by atoms with Crippen LogP contribution in [0.5, 0.6) is 0 Å². The molecule has 0 bridgehead atoms. The van der Waals surface area contributed by atoms with Gasteiger partial charge in [-0.1, -0.05) is 0 Å². The Hall–Kier alpha value is -1.30. The molecule has 1 spiro atoms. The molecule has 6 heteroatoms. The number of carbonyl (C=O) groups excluding carboxylic acids is 2. The van der Waals surface area contributed by atoms with Crippen molar-refractivity contribution < 1.29 is 23.8 Å². The third kappa shape index (κ3) is 3.00. The topological polar surface area (TPSA) is 65.1 Å². The fourth-order valence-electron chi connectivity index (χ4n) is 2.48. The highest BCUT2D eigenvalue weighted by atomic mass is 16.6. The van der Waals surface area contributed by atoms with Gasteiger partial charge >= 0.3 is 12.1 Å². The van der Waals surface area contributed by atoms with Gasteiger partial charge < -0.3 is 19.1 Å². The van der Waals surface area contributed by atoms with Gasteiger partial charge in [0.05, 0.1) is 19.3 Å². The maximum Gasteiger partial charge on any atom is 0.410 e. The van der Waals surface area contributed by atoms with Crippen molar-refractivity contribution in [2.24, 2.45) is 0 Å². The van der Waals surface area contributed by atoms with Crippen LogP contribution in [-0.4, -0.2) is 54.5 Å². The largest absolute Gasteiger partial charge is 0.467 e. The van der Waals surface area contributed by atoms with Crippen LogP contribution in [0.15, 0.2) is 0 Å². The normalized spacial score (nSPS) is 30.1. The molecule has 0 aliphatic carbocycles. The van der Waals surface area contributed by atoms with E-state index in [2.05, 4.69) is 4.74 Å². The van der Waals surface area contributed by atoms with E-state index >= 15 is 0 Å². The summed E-state index contributed by atoms with van der Waals surface area (Å²) in [5.74, 6) is -0.346. The van der Waals surface area contributed by atoms with Crippen LogP contribution < -0.4 is 0 Å². The lowest BCUT2D eigenvalue weighted by molar-refractivity contribution is -0.215. The van der Waals surface area contributed by atoms with E-state index < -0.39 is 11.7 Å². The maximum absolute atomic E-state index is 11.9. The monoisotopic (exact) mass is 271 g/mol. The number of hydrogen-bond acceptors (Lipinski definition) is 5. The van der Waals surface area contributed by atoms with E-state index in [0.29, 0.717) is 19.5 Å². The molecule has 2 fully saturated rings. The SMILES string of the molecule is COC(=O)[C@H]1C[C@]2(CCN(C(=O)OC(C)(C)C)C2)O1. The number of rotatable bonds is 1. The number of hydrogen-bond donors (Lipinski definition) is 0. The first-order valence-corrected chi connectivity index (χ1v) is 6.48. The standard InChI is InChI=1S/C13H21NO5/c1-12(2,3)19-11(16)14-6-5-13(8-14)7-9(18-13)10(15)17-4/h9H,5-8H2,1-4H3/t9-,13+/m1/s1. The molecular weight excluding hydrogens is 250 g/mol. The van der Waals surface area contributed by atoms with Gasteiger partial charge in [-0.25, -0.2) is 9.59 Å². The molecule has 0 aromatic carbocycles. The number of methoxy groups -OCH3 is 1. The van der Waals surface area contributed by atoms with Gasteiger partial charge in [-0.2, -0.15) is 0 Å². The van der Waals surface area contributed by atoms with Crippen molar-refractivity contribution in [2.75, 3.05) is 20.2 Å². The van der Waals surface area contributed by atoms with Gasteiger partial charge in [0.25, 0.3) is 0 Å². The van der Waals surface area contributed by atoms with Gasteiger partial charge in [-0.15, -0.1) is 0 Å². The fraction of sp³-hybridized carbons (Fsp3) is 0.846. The van der Waals surface area contributed by atoms with Gasteiger partial charge in [0.2, 0.25) is 0 Å². The average Bonchev–Trinajstić information content (AvgIpc) is 2.68. The smallest absolute Gasteiger partial charge is 0.410 e. The lowest BCUT2D eigenvalue weighted by Gasteiger charge is -2.43. The third-order valence-corrected chi connectivity index (χ3v) is 3.38. The number of carbonyl (C=O) groups is 2. The second kappa shape index (κ2) is 4.67. The van der Waals surface area contributed by atoms with Crippen LogP contribution in [0, 0.1) is 0 Å². The summed E-state index contributed by atoms with van der Waals surface area (Å²) >= 11 is 0. The molecule has 2 saturated heterocycles. The highest BCUT2D eigenvalue weighted by molar-refractivity contribution is 5.76. The minimum absolute atomic E-state index is 0.325. The third-order valence-electron chi connectivity index (χ3n) is 3.38. The molecule has 2 aliphatic rings. The van der Waals surface area contributed by atoms with Gasteiger partial charge in [0.1, 0.15) is 5.60 Å². The zero-order chi connectivity index (χ0) is 14.3. The molecule has 2 aliphatic heterocycles. The molecule has 108 valence electrons. The van der Waals surface area contributed by atoms with E-state index in [4.69, 9.17) is 9.47 Å². The fourth-order valence-corrected chi connectivity index (χ4v) is 2.48. The van der Waals surface area contributed by atoms with Gasteiger partial charge in [-0.05, 0) is 27.2 Å². The van der Waals surface area contributed by atoms with Crippen LogP contribution in [0.1, 0.15) is 33.6 Å². The number of nitrogens with zero attached hydrogens (tertiary/aromatic N) is 1. The zero-order valence-electron chi connectivity index (χ0n) is 11.9. The summed E-state index contributed by atoms with van der Waals surface area (Å²) in [5.41, 5.74) is -0.877. The highest BCUT2D eigenvalue weighted by Gasteiger charge is 2.54. The van der Waals surface area contributed by atoms with Gasteiger partial charge in [-0.3, -0.25) is 0 Å². The van der Waals surface area contributed by atoms with E-state index in [1.807, 2.05) is 20.8 Å². The minimum Gasteiger partial charge on any atom is -0.467 e. The van der Waals surface area contributed by atoms with E-state index in [1.54, 1.807) is 4.90 Å². The average molecular weight is 271 g/mol. The Labute approximate surface area is 113 Å². The lowest BCUT2D eigenvalue weighted by Crippen LogP contribution is -2.56. The summed E-state index contributed by atoms with van der Waals surface area (Å²) in [6, 6.07) is 0. The van der Waals surface area contributed by atoms with Gasteiger partial charge in [0, 0.05) is 13.0 Å². The van der Waals surface area contributed by atoms with Crippen molar-refractivity contribution in [3.8, 4) is 0 Å². The van der Waals surface area contributed by atoms with Crippen LogP contribution in [0.4, 0.5) is 4.79 Å². The summed E-state index contributed by atoms with van der Waals surface area (Å²) in [7, 11) is 1.35. The molecule has 1 amide bonds. The molecule has 2 heterocycles. The van der Waals surface area contributed by atoms with E-state index in [9.17, 15) is 9.59 Å². The molecule has 0 unspecified atom stereocenters. The van der Waals surface area contributed by atoms with Crippen molar-refractivity contribution in [1.82, 2.24) is 4.90 Å². The molecule has 0 aromatic rings. The Kier molecular flexibility index (Phi) is 3.47. The number of ether oxygens (including phenoxy) is 3. The Bertz CT molecular complexity index is 381. The molecule has 0 aromatic heterocycles. The summed E-state index contributed by atoms with van der Waals surface area (Å²) in [4.78, 5) is 24.8. The van der Waals surface area contributed by atoms with Crippen molar-refractivity contribution >= 4 is 12.1 Å². The van der Waals surface area contributed by atoms with Crippen LogP contribution in [0.3, 0.4) is 0 Å². The molecular formula is C13H21NO5. The van der Waals surface area contributed by atoms with Crippen molar-refractivity contribution in [1.29, 1.82) is 0 Å². The molecule has 2 rings (SSSR count). The molecule has 19 heavy (non-hydrogen) atoms. The predicted molar refractivity (Wildman–Crippen MR) is 66.7 cm³/mol. The lowest BCUT2D eigenvalue weighted by atomic mass is 9.88. The van der Waals surface area contributed by atoms with Crippen molar-refractivity contribution in [3.63, 3.8) is 0 Å². The number of esters is 1. The summed E-state index contributed by atoms with van der Waals surface area (Å²) in [6.45, 7) is 6.59. The van der Waals surface area contributed by atoms with Crippen molar-refractivity contribution in [3.05, 3.63) is 0 Å². The summed E-state index contributed by atoms with van der Waals surface area (Å²) in [5, 5.41) is 0. The van der Waals surface area contributed by atoms with E-state index in [-0.39, 0.29) is 17.7 Å². The molecule has 0 radical (unpaired) electrons. The summed E-state index contributed by atoms with van der Waals surface area (Å²) < 4.78 is 15.6. The Morgan fingerprint density at radius 2 is 2.00 bits per heavy atom. The predicted octanol–water partition coefficient (Wildman–Crippen LogP) is 1.33. The second-order valence-electron chi connectivity index (χ2n) is 6.17. The number of amides is 1. The van der Waals surface area contributed by atoms with E-state index in [1.165, 1.54) is 7.11 Å². The second-order valence-corrected chi connectivity index (χ2v) is 6.17. The highest BCUT2D eigenvalue weighted by Crippen LogP contribution is 2.41. The first kappa shape index (κ1) is 14.1. The molecule has 2 atom stereocenters. The quantitative estimate of drug-likeness (QED) is 0.673. The summed E-state index contributed by atoms with van der Waals surface area (Å²) in [6.07, 6.45) is 0.539. The number of likely N-dealkylation sites (tertiary alicyclic amines) is 1. The van der Waals surface area contributed by atoms with E-state index in [0.717, 1.165) is 6.42 Å². The molecule has 0 saturated carbocycles. The van der Waals surface area contributed by atoms with Crippen LogP contribution >= 0.6 is 0 Å². The minimum atomic E-state index is -0.498. The van der Waals surface area contributed by atoms with Crippen molar-refractivity contribution in [2.45, 2.75) is 50.9 Å². The van der Waals surface area contributed by atoms with Gasteiger partial charge in [0.15, 0.2) is 6.10 Å². The molecule has 6 nitrogen and oxygen atoms in total. The first-order valence-electron chi connectivity index (χ1n) is 6.48. The molecule has 0 N–H and O–H groups in total. The Balaban J connectivity index is 1.85. The van der Waals surface area contributed by atoms with Crippen LogP contribution in [0.25, 0.3) is 0 Å².